The quantitative estimate of drug-likeness (QED) is 0.654. The predicted molar refractivity (Wildman–Crippen MR) is 44.7 cm³/mol. The molecule has 2 atom stereocenters. The maximum absolute atomic E-state index is 12.2. The number of hydrogen-bond acceptors (Lipinski definition) is 2. The maximum Gasteiger partial charge on any atom is 0.158 e. The second kappa shape index (κ2) is 5.49. The number of halogens is 1. The summed E-state index contributed by atoms with van der Waals surface area (Å²) in [6.45, 7) is 2.27. The first-order valence-electron chi connectivity index (χ1n) is 4.69. The van der Waals surface area contributed by atoms with Crippen molar-refractivity contribution in [1.29, 1.82) is 0 Å². The van der Waals surface area contributed by atoms with Crippen LogP contribution in [0.5, 0.6) is 0 Å². The molecule has 0 amide bonds. The summed E-state index contributed by atoms with van der Waals surface area (Å²) in [6, 6.07) is 0. The van der Waals surface area contributed by atoms with Gasteiger partial charge >= 0.3 is 0 Å². The summed E-state index contributed by atoms with van der Waals surface area (Å²) in [7, 11) is 0. The lowest BCUT2D eigenvalue weighted by Gasteiger charge is -2.25. The molecule has 0 spiro atoms. The van der Waals surface area contributed by atoms with Crippen LogP contribution in [-0.4, -0.2) is 25.7 Å². The number of hydrogen-bond donors (Lipinski definition) is 0. The minimum atomic E-state index is -0.406. The summed E-state index contributed by atoms with van der Waals surface area (Å²) in [5.74, 6) is 0. The van der Waals surface area contributed by atoms with E-state index in [1.54, 1.807) is 0 Å². The Labute approximate surface area is 73.0 Å². The van der Waals surface area contributed by atoms with Gasteiger partial charge in [0.05, 0.1) is 6.10 Å². The zero-order valence-electron chi connectivity index (χ0n) is 7.59. The van der Waals surface area contributed by atoms with E-state index in [1.165, 1.54) is 0 Å². The van der Waals surface area contributed by atoms with Gasteiger partial charge in [0, 0.05) is 6.61 Å². The first-order valence-corrected chi connectivity index (χ1v) is 4.69. The van der Waals surface area contributed by atoms with Gasteiger partial charge in [-0.05, 0) is 25.7 Å². The molecule has 1 aliphatic rings. The first-order chi connectivity index (χ1) is 5.86. The van der Waals surface area contributed by atoms with Gasteiger partial charge in [-0.15, -0.1) is 0 Å². The van der Waals surface area contributed by atoms with Crippen molar-refractivity contribution in [1.82, 2.24) is 0 Å². The van der Waals surface area contributed by atoms with Gasteiger partial charge in [-0.2, -0.15) is 0 Å². The molecule has 2 nitrogen and oxygen atoms in total. The largest absolute Gasteiger partial charge is 0.353 e. The SMILES string of the molecule is CC[C@@H](CF)OC1CCCCO1. The van der Waals surface area contributed by atoms with Crippen LogP contribution in [0.1, 0.15) is 32.6 Å². The molecule has 12 heavy (non-hydrogen) atoms. The molecule has 72 valence electrons. The van der Waals surface area contributed by atoms with Crippen molar-refractivity contribution in [2.75, 3.05) is 13.3 Å². The van der Waals surface area contributed by atoms with E-state index in [-0.39, 0.29) is 12.4 Å². The highest BCUT2D eigenvalue weighted by Gasteiger charge is 2.18. The van der Waals surface area contributed by atoms with Crippen LogP contribution in [0.25, 0.3) is 0 Å². The van der Waals surface area contributed by atoms with Gasteiger partial charge in [-0.1, -0.05) is 6.92 Å². The number of alkyl halides is 1. The fourth-order valence-electron chi connectivity index (χ4n) is 1.27. The molecule has 0 aliphatic carbocycles. The molecule has 1 unspecified atom stereocenters. The van der Waals surface area contributed by atoms with E-state index in [4.69, 9.17) is 9.47 Å². The molecule has 0 aromatic carbocycles. The second-order valence-electron chi connectivity index (χ2n) is 3.12. The Balaban J connectivity index is 2.18. The fourth-order valence-corrected chi connectivity index (χ4v) is 1.27. The van der Waals surface area contributed by atoms with Gasteiger partial charge in [-0.3, -0.25) is 0 Å². The van der Waals surface area contributed by atoms with E-state index in [9.17, 15) is 4.39 Å². The molecule has 1 heterocycles. The Bertz CT molecular complexity index is 109. The molecule has 0 bridgehead atoms. The van der Waals surface area contributed by atoms with Gasteiger partial charge in [0.1, 0.15) is 6.67 Å². The summed E-state index contributed by atoms with van der Waals surface area (Å²) in [4.78, 5) is 0. The minimum Gasteiger partial charge on any atom is -0.353 e. The lowest BCUT2D eigenvalue weighted by atomic mass is 10.2. The summed E-state index contributed by atoms with van der Waals surface area (Å²) in [5, 5.41) is 0. The molecular formula is C9H17FO2. The molecular weight excluding hydrogens is 159 g/mol. The third-order valence-corrected chi connectivity index (χ3v) is 2.11. The van der Waals surface area contributed by atoms with Crippen LogP contribution in [0, 0.1) is 0 Å². The average molecular weight is 176 g/mol. The molecule has 0 aromatic heterocycles. The molecule has 1 aliphatic heterocycles. The zero-order chi connectivity index (χ0) is 8.81. The van der Waals surface area contributed by atoms with Crippen LogP contribution in [0.4, 0.5) is 4.39 Å². The van der Waals surface area contributed by atoms with Gasteiger partial charge in [0.2, 0.25) is 0 Å². The average Bonchev–Trinajstić information content (AvgIpc) is 2.16. The normalized spacial score (nSPS) is 27.0. The monoisotopic (exact) mass is 176 g/mol. The van der Waals surface area contributed by atoms with E-state index in [2.05, 4.69) is 0 Å². The van der Waals surface area contributed by atoms with Crippen molar-refractivity contribution in [3.05, 3.63) is 0 Å². The summed E-state index contributed by atoms with van der Waals surface area (Å²) in [6.07, 6.45) is 3.44. The maximum atomic E-state index is 12.2. The van der Waals surface area contributed by atoms with Crippen LogP contribution in [0.15, 0.2) is 0 Å². The minimum absolute atomic E-state index is 0.153. The van der Waals surface area contributed by atoms with Crippen molar-refractivity contribution in [3.63, 3.8) is 0 Å². The van der Waals surface area contributed by atoms with E-state index < -0.39 is 6.67 Å². The van der Waals surface area contributed by atoms with Crippen molar-refractivity contribution in [2.45, 2.75) is 45.0 Å². The van der Waals surface area contributed by atoms with Crippen LogP contribution in [0.3, 0.4) is 0 Å². The Hall–Kier alpha value is -0.150. The lowest BCUT2D eigenvalue weighted by molar-refractivity contribution is -0.191. The standard InChI is InChI=1S/C9H17FO2/c1-2-8(7-10)12-9-5-3-4-6-11-9/h8-9H,2-7H2,1H3/t8-,9?/m0/s1. The van der Waals surface area contributed by atoms with E-state index >= 15 is 0 Å². The van der Waals surface area contributed by atoms with Crippen molar-refractivity contribution in [2.24, 2.45) is 0 Å². The van der Waals surface area contributed by atoms with Crippen LogP contribution in [0.2, 0.25) is 0 Å². The van der Waals surface area contributed by atoms with Gasteiger partial charge < -0.3 is 9.47 Å². The van der Waals surface area contributed by atoms with Crippen LogP contribution < -0.4 is 0 Å². The highest BCUT2D eigenvalue weighted by Crippen LogP contribution is 2.16. The summed E-state index contributed by atoms with van der Waals surface area (Å²) < 4.78 is 22.9. The highest BCUT2D eigenvalue weighted by molar-refractivity contribution is 4.58. The van der Waals surface area contributed by atoms with Crippen LogP contribution in [-0.2, 0) is 9.47 Å². The summed E-state index contributed by atoms with van der Waals surface area (Å²) >= 11 is 0. The Morgan fingerprint density at radius 1 is 1.58 bits per heavy atom. The third kappa shape index (κ3) is 3.07. The Morgan fingerprint density at radius 3 is 2.92 bits per heavy atom. The van der Waals surface area contributed by atoms with Crippen molar-refractivity contribution >= 4 is 0 Å². The second-order valence-corrected chi connectivity index (χ2v) is 3.12. The fraction of sp³-hybridized carbons (Fsp3) is 1.00. The third-order valence-electron chi connectivity index (χ3n) is 2.11. The molecule has 0 aromatic rings. The van der Waals surface area contributed by atoms with Crippen LogP contribution >= 0.6 is 0 Å². The van der Waals surface area contributed by atoms with Gasteiger partial charge in [-0.25, -0.2) is 4.39 Å². The van der Waals surface area contributed by atoms with Crippen molar-refractivity contribution < 1.29 is 13.9 Å². The first kappa shape index (κ1) is 9.93. The van der Waals surface area contributed by atoms with Gasteiger partial charge in [0.15, 0.2) is 6.29 Å². The zero-order valence-corrected chi connectivity index (χ0v) is 7.59. The van der Waals surface area contributed by atoms with E-state index in [1.807, 2.05) is 6.92 Å². The van der Waals surface area contributed by atoms with Gasteiger partial charge in [0.25, 0.3) is 0 Å². The molecule has 0 N–H and O–H groups in total. The highest BCUT2D eigenvalue weighted by atomic mass is 19.1. The smallest absolute Gasteiger partial charge is 0.158 e. The molecule has 1 rings (SSSR count). The van der Waals surface area contributed by atoms with E-state index in [0.717, 1.165) is 32.3 Å². The Kier molecular flexibility index (Phi) is 4.54. The van der Waals surface area contributed by atoms with E-state index in [0.29, 0.717) is 0 Å². The Morgan fingerprint density at radius 2 is 2.42 bits per heavy atom. The molecule has 0 saturated carbocycles. The number of rotatable bonds is 4. The summed E-state index contributed by atoms with van der Waals surface area (Å²) in [5.41, 5.74) is 0. The molecule has 3 heteroatoms. The molecule has 1 fully saturated rings. The van der Waals surface area contributed by atoms with Crippen molar-refractivity contribution in [3.8, 4) is 0 Å². The topological polar surface area (TPSA) is 18.5 Å². The number of ether oxygens (including phenoxy) is 2. The lowest BCUT2D eigenvalue weighted by Crippen LogP contribution is -2.28. The molecule has 1 saturated heterocycles. The predicted octanol–water partition coefficient (Wildman–Crippen LogP) is 2.28. The molecule has 0 radical (unpaired) electrons.